The van der Waals surface area contributed by atoms with Crippen LogP contribution in [-0.2, 0) is 18.5 Å². The minimum atomic E-state index is -0.874. The Bertz CT molecular complexity index is 640. The van der Waals surface area contributed by atoms with E-state index in [1.165, 1.54) is 18.5 Å². The van der Waals surface area contributed by atoms with Crippen LogP contribution in [0.2, 0.25) is 10.0 Å². The molecule has 0 saturated heterocycles. The first-order valence-electron chi connectivity index (χ1n) is 6.65. The molecule has 4 nitrogen and oxygen atoms in total. The highest BCUT2D eigenvalue weighted by atomic mass is 35.5. The molecule has 1 unspecified atom stereocenters. The third-order valence-electron chi connectivity index (χ3n) is 3.28. The highest BCUT2D eigenvalue weighted by molar-refractivity contribution is 6.35. The molecule has 2 aromatic rings. The van der Waals surface area contributed by atoms with E-state index in [2.05, 4.69) is 17.0 Å². The highest BCUT2D eigenvalue weighted by Gasteiger charge is 2.28. The molecular weight excluding hydrogens is 314 g/mol. The van der Waals surface area contributed by atoms with Crippen LogP contribution in [0.15, 0.2) is 18.5 Å². The molecule has 1 atom stereocenters. The van der Waals surface area contributed by atoms with Gasteiger partial charge in [0.25, 0.3) is 0 Å². The SMILES string of the molecule is CCCn1ncnc1CC(C)(N)c1cc(F)c(Cl)cc1Cl. The Balaban J connectivity index is 2.33. The van der Waals surface area contributed by atoms with Crippen LogP contribution in [-0.4, -0.2) is 14.8 Å². The van der Waals surface area contributed by atoms with Crippen LogP contribution in [0, 0.1) is 5.82 Å². The predicted molar refractivity (Wildman–Crippen MR) is 82.0 cm³/mol. The Morgan fingerprint density at radius 2 is 2.05 bits per heavy atom. The number of hydrogen-bond donors (Lipinski definition) is 1. The van der Waals surface area contributed by atoms with E-state index in [1.807, 2.05) is 0 Å². The van der Waals surface area contributed by atoms with E-state index < -0.39 is 11.4 Å². The fraction of sp³-hybridized carbons (Fsp3) is 0.429. The van der Waals surface area contributed by atoms with Crippen molar-refractivity contribution in [1.82, 2.24) is 14.8 Å². The van der Waals surface area contributed by atoms with Crippen LogP contribution in [0.3, 0.4) is 0 Å². The number of hydrogen-bond acceptors (Lipinski definition) is 3. The molecule has 0 radical (unpaired) electrons. The fourth-order valence-corrected chi connectivity index (χ4v) is 2.81. The first-order valence-corrected chi connectivity index (χ1v) is 7.41. The molecule has 0 bridgehead atoms. The van der Waals surface area contributed by atoms with Gasteiger partial charge in [-0.05, 0) is 31.0 Å². The molecule has 0 aliphatic carbocycles. The van der Waals surface area contributed by atoms with Gasteiger partial charge in [0.05, 0.1) is 5.02 Å². The van der Waals surface area contributed by atoms with Crippen LogP contribution in [0.5, 0.6) is 0 Å². The Kier molecular flexibility index (Phi) is 4.86. The Hall–Kier alpha value is -1.17. The summed E-state index contributed by atoms with van der Waals surface area (Å²) in [6.45, 7) is 4.60. The van der Waals surface area contributed by atoms with Gasteiger partial charge in [0.2, 0.25) is 0 Å². The molecule has 0 spiro atoms. The number of rotatable bonds is 5. The number of benzene rings is 1. The largest absolute Gasteiger partial charge is 0.321 e. The van der Waals surface area contributed by atoms with Crippen molar-refractivity contribution in [3.63, 3.8) is 0 Å². The van der Waals surface area contributed by atoms with Crippen molar-refractivity contribution < 1.29 is 4.39 Å². The normalized spacial score (nSPS) is 14.2. The lowest BCUT2D eigenvalue weighted by Gasteiger charge is -2.26. The van der Waals surface area contributed by atoms with E-state index in [1.54, 1.807) is 11.6 Å². The Morgan fingerprint density at radius 3 is 2.71 bits per heavy atom. The van der Waals surface area contributed by atoms with E-state index in [4.69, 9.17) is 28.9 Å². The van der Waals surface area contributed by atoms with Crippen molar-refractivity contribution in [3.8, 4) is 0 Å². The van der Waals surface area contributed by atoms with Crippen LogP contribution in [0.4, 0.5) is 4.39 Å². The average molecular weight is 331 g/mol. The summed E-state index contributed by atoms with van der Waals surface area (Å²) in [6, 6.07) is 2.65. The predicted octanol–water partition coefficient (Wildman–Crippen LogP) is 3.55. The second kappa shape index (κ2) is 6.30. The van der Waals surface area contributed by atoms with Gasteiger partial charge < -0.3 is 5.73 Å². The molecule has 2 rings (SSSR count). The number of aromatic nitrogens is 3. The van der Waals surface area contributed by atoms with Gasteiger partial charge in [0.1, 0.15) is 18.0 Å². The van der Waals surface area contributed by atoms with Gasteiger partial charge in [0.15, 0.2) is 0 Å². The van der Waals surface area contributed by atoms with Gasteiger partial charge in [-0.3, -0.25) is 4.68 Å². The monoisotopic (exact) mass is 330 g/mol. The Labute approximate surface area is 133 Å². The van der Waals surface area contributed by atoms with Gasteiger partial charge >= 0.3 is 0 Å². The molecule has 1 heterocycles. The molecule has 1 aromatic carbocycles. The van der Waals surface area contributed by atoms with Gasteiger partial charge in [-0.2, -0.15) is 5.10 Å². The summed E-state index contributed by atoms with van der Waals surface area (Å²) in [5.41, 5.74) is 5.96. The van der Waals surface area contributed by atoms with E-state index in [-0.39, 0.29) is 5.02 Å². The van der Waals surface area contributed by atoms with Gasteiger partial charge in [-0.25, -0.2) is 9.37 Å². The Morgan fingerprint density at radius 1 is 1.33 bits per heavy atom. The van der Waals surface area contributed by atoms with Crippen molar-refractivity contribution in [1.29, 1.82) is 0 Å². The van der Waals surface area contributed by atoms with Crippen molar-refractivity contribution in [2.75, 3.05) is 0 Å². The molecule has 21 heavy (non-hydrogen) atoms. The molecule has 0 saturated carbocycles. The van der Waals surface area contributed by atoms with E-state index in [0.717, 1.165) is 18.8 Å². The lowest BCUT2D eigenvalue weighted by Crippen LogP contribution is -2.37. The first-order chi connectivity index (χ1) is 9.85. The average Bonchev–Trinajstić information content (AvgIpc) is 2.81. The number of aryl methyl sites for hydroxylation is 1. The summed E-state index contributed by atoms with van der Waals surface area (Å²) in [4.78, 5) is 4.22. The number of nitrogens with two attached hydrogens (primary N) is 1. The van der Waals surface area contributed by atoms with Crippen molar-refractivity contribution in [3.05, 3.63) is 45.7 Å². The summed E-state index contributed by atoms with van der Waals surface area (Å²) in [6.07, 6.45) is 2.83. The molecule has 0 aliphatic rings. The van der Waals surface area contributed by atoms with Crippen molar-refractivity contribution in [2.24, 2.45) is 5.73 Å². The molecule has 2 N–H and O–H groups in total. The lowest BCUT2D eigenvalue weighted by molar-refractivity contribution is 0.448. The second-order valence-electron chi connectivity index (χ2n) is 5.24. The van der Waals surface area contributed by atoms with Gasteiger partial charge in [-0.15, -0.1) is 0 Å². The number of nitrogens with zero attached hydrogens (tertiary/aromatic N) is 3. The summed E-state index contributed by atoms with van der Waals surface area (Å²) >= 11 is 11.9. The summed E-state index contributed by atoms with van der Waals surface area (Å²) < 4.78 is 15.5. The van der Waals surface area contributed by atoms with Crippen LogP contribution >= 0.6 is 23.2 Å². The summed E-state index contributed by atoms with van der Waals surface area (Å²) in [5, 5.41) is 4.48. The fourth-order valence-electron chi connectivity index (χ4n) is 2.21. The maximum atomic E-state index is 13.7. The minimum absolute atomic E-state index is 0.0197. The standard InChI is InChI=1S/C14H17Cl2FN4/c1-3-4-21-13(19-8-20-21)7-14(2,18)9-5-12(17)11(16)6-10(9)15/h5-6,8H,3-4,7,18H2,1-2H3. The smallest absolute Gasteiger partial charge is 0.142 e. The summed E-state index contributed by atoms with van der Waals surface area (Å²) in [5.74, 6) is 0.205. The van der Waals surface area contributed by atoms with E-state index in [0.29, 0.717) is 17.0 Å². The third-order valence-corrected chi connectivity index (χ3v) is 3.88. The van der Waals surface area contributed by atoms with E-state index >= 15 is 0 Å². The maximum Gasteiger partial charge on any atom is 0.142 e. The van der Waals surface area contributed by atoms with Crippen molar-refractivity contribution in [2.45, 2.75) is 38.8 Å². The van der Waals surface area contributed by atoms with Gasteiger partial charge in [-0.1, -0.05) is 30.1 Å². The van der Waals surface area contributed by atoms with E-state index in [9.17, 15) is 4.39 Å². The minimum Gasteiger partial charge on any atom is -0.321 e. The zero-order valence-corrected chi connectivity index (χ0v) is 13.4. The summed E-state index contributed by atoms with van der Waals surface area (Å²) in [7, 11) is 0. The molecule has 1 aromatic heterocycles. The topological polar surface area (TPSA) is 56.7 Å². The number of halogens is 3. The molecule has 0 amide bonds. The third kappa shape index (κ3) is 3.54. The molecule has 0 aliphatic heterocycles. The molecule has 0 fully saturated rings. The van der Waals surface area contributed by atoms with Crippen LogP contribution in [0.25, 0.3) is 0 Å². The van der Waals surface area contributed by atoms with Crippen LogP contribution in [0.1, 0.15) is 31.7 Å². The van der Waals surface area contributed by atoms with Crippen molar-refractivity contribution >= 4 is 23.2 Å². The van der Waals surface area contributed by atoms with Crippen LogP contribution < -0.4 is 5.73 Å². The van der Waals surface area contributed by atoms with Gasteiger partial charge in [0, 0.05) is 23.5 Å². The lowest BCUT2D eigenvalue weighted by atomic mass is 9.89. The molecule has 7 heteroatoms. The quantitative estimate of drug-likeness (QED) is 0.853. The molecule has 114 valence electrons. The first kappa shape index (κ1) is 16.2. The zero-order chi connectivity index (χ0) is 15.6. The second-order valence-corrected chi connectivity index (χ2v) is 6.05. The molecular formula is C14H17Cl2FN4. The zero-order valence-electron chi connectivity index (χ0n) is 11.9. The maximum absolute atomic E-state index is 13.7. The highest BCUT2D eigenvalue weighted by Crippen LogP contribution is 2.32.